The summed E-state index contributed by atoms with van der Waals surface area (Å²) in [5.41, 5.74) is 0. The van der Waals surface area contributed by atoms with Crippen molar-refractivity contribution in [3.8, 4) is 0 Å². The van der Waals surface area contributed by atoms with Gasteiger partial charge in [0.1, 0.15) is 24.4 Å². The van der Waals surface area contributed by atoms with Crippen molar-refractivity contribution in [3.63, 3.8) is 0 Å². The molecule has 0 unspecified atom stereocenters. The zero-order valence-corrected chi connectivity index (χ0v) is 11.6. The van der Waals surface area contributed by atoms with Gasteiger partial charge in [-0.1, -0.05) is 26.2 Å². The van der Waals surface area contributed by atoms with Gasteiger partial charge in [-0.15, -0.1) is 0 Å². The summed E-state index contributed by atoms with van der Waals surface area (Å²) in [6, 6.07) is 0. The third-order valence-corrected chi connectivity index (χ3v) is 3.31. The quantitative estimate of drug-likeness (QED) is 0.431. The highest BCUT2D eigenvalue weighted by Crippen LogP contribution is 2.20. The van der Waals surface area contributed by atoms with E-state index in [1.165, 1.54) is 19.3 Å². The number of hydrogen-bond acceptors (Lipinski definition) is 5. The Morgan fingerprint density at radius 3 is 2.84 bits per heavy atom. The molecule has 3 N–H and O–H groups in total. The van der Waals surface area contributed by atoms with Crippen LogP contribution in [0.3, 0.4) is 0 Å². The molecule has 112 valence electrons. The zero-order chi connectivity index (χ0) is 14.1. The molecule has 1 rings (SSSR count). The number of rotatable bonds is 9. The van der Waals surface area contributed by atoms with E-state index >= 15 is 0 Å². The van der Waals surface area contributed by atoms with Gasteiger partial charge in [0.05, 0.1) is 19.5 Å². The van der Waals surface area contributed by atoms with E-state index in [-0.39, 0.29) is 6.61 Å². The Balaban J connectivity index is 2.18. The Labute approximate surface area is 114 Å². The van der Waals surface area contributed by atoms with E-state index in [2.05, 4.69) is 6.92 Å². The predicted molar refractivity (Wildman–Crippen MR) is 71.6 cm³/mol. The molecule has 1 aliphatic heterocycles. The van der Waals surface area contributed by atoms with Gasteiger partial charge < -0.3 is 24.8 Å². The lowest BCUT2D eigenvalue weighted by Crippen LogP contribution is -2.40. The standard InChI is InChI=1S/C14H26O5/c1-2-3-4-5-6-7-8-18-12-10-19-14(13(12)17)11(16)9-15/h7-8,11-17H,2-6,9-10H2,1H3/b8-7+/t11-,12+,13-,14-/m1/s1. The first-order chi connectivity index (χ1) is 9.20. The monoisotopic (exact) mass is 274 g/mol. The van der Waals surface area contributed by atoms with Gasteiger partial charge in [-0.2, -0.15) is 0 Å². The molecule has 0 bridgehead atoms. The predicted octanol–water partition coefficient (Wildman–Crippen LogP) is 0.969. The minimum atomic E-state index is -1.07. The number of allylic oxidation sites excluding steroid dienone is 1. The van der Waals surface area contributed by atoms with Crippen LogP contribution in [0.15, 0.2) is 12.3 Å². The van der Waals surface area contributed by atoms with Gasteiger partial charge in [0.15, 0.2) is 0 Å². The van der Waals surface area contributed by atoms with Crippen molar-refractivity contribution in [1.82, 2.24) is 0 Å². The van der Waals surface area contributed by atoms with Gasteiger partial charge in [-0.25, -0.2) is 0 Å². The first-order valence-electron chi connectivity index (χ1n) is 7.09. The SMILES string of the molecule is CCCCCC/C=C/O[C@H]1CO[C@H]([C@H](O)CO)[C@@H]1O. The second-order valence-corrected chi connectivity index (χ2v) is 4.93. The summed E-state index contributed by atoms with van der Waals surface area (Å²) in [5, 5.41) is 28.1. The maximum Gasteiger partial charge on any atom is 0.149 e. The van der Waals surface area contributed by atoms with Crippen molar-refractivity contribution in [2.75, 3.05) is 13.2 Å². The van der Waals surface area contributed by atoms with Crippen LogP contribution in [0.25, 0.3) is 0 Å². The summed E-state index contributed by atoms with van der Waals surface area (Å²) >= 11 is 0. The largest absolute Gasteiger partial charge is 0.493 e. The maximum absolute atomic E-state index is 9.87. The Bertz CT molecular complexity index is 256. The lowest BCUT2D eigenvalue weighted by atomic mass is 10.1. The number of unbranched alkanes of at least 4 members (excludes halogenated alkanes) is 4. The molecule has 1 fully saturated rings. The van der Waals surface area contributed by atoms with Gasteiger partial charge in [0.25, 0.3) is 0 Å². The molecule has 1 saturated heterocycles. The number of aliphatic hydroxyl groups is 3. The second-order valence-electron chi connectivity index (χ2n) is 4.93. The van der Waals surface area contributed by atoms with Crippen molar-refractivity contribution >= 4 is 0 Å². The van der Waals surface area contributed by atoms with Crippen LogP contribution in [0.5, 0.6) is 0 Å². The topological polar surface area (TPSA) is 79.2 Å². The fraction of sp³-hybridized carbons (Fsp3) is 0.857. The van der Waals surface area contributed by atoms with Crippen molar-refractivity contribution in [3.05, 3.63) is 12.3 Å². The summed E-state index contributed by atoms with van der Waals surface area (Å²) in [6.45, 7) is 1.97. The molecule has 5 nitrogen and oxygen atoms in total. The lowest BCUT2D eigenvalue weighted by molar-refractivity contribution is -0.0689. The van der Waals surface area contributed by atoms with E-state index in [0.29, 0.717) is 0 Å². The minimum Gasteiger partial charge on any atom is -0.493 e. The van der Waals surface area contributed by atoms with E-state index in [4.69, 9.17) is 14.6 Å². The third kappa shape index (κ3) is 5.48. The molecule has 0 aliphatic carbocycles. The number of hydrogen-bond donors (Lipinski definition) is 3. The van der Waals surface area contributed by atoms with Crippen molar-refractivity contribution in [2.45, 2.75) is 63.4 Å². The van der Waals surface area contributed by atoms with E-state index in [0.717, 1.165) is 12.8 Å². The molecular formula is C14H26O5. The van der Waals surface area contributed by atoms with Crippen molar-refractivity contribution in [1.29, 1.82) is 0 Å². The summed E-state index contributed by atoms with van der Waals surface area (Å²) in [7, 11) is 0. The molecule has 0 spiro atoms. The molecule has 0 aromatic rings. The van der Waals surface area contributed by atoms with Gasteiger partial charge in [0, 0.05) is 0 Å². The lowest BCUT2D eigenvalue weighted by Gasteiger charge is -2.20. The molecule has 5 heteroatoms. The van der Waals surface area contributed by atoms with Gasteiger partial charge in [0.2, 0.25) is 0 Å². The highest BCUT2D eigenvalue weighted by atomic mass is 16.6. The van der Waals surface area contributed by atoms with Crippen LogP contribution in [-0.4, -0.2) is 52.9 Å². The Morgan fingerprint density at radius 1 is 1.37 bits per heavy atom. The summed E-state index contributed by atoms with van der Waals surface area (Å²) in [4.78, 5) is 0. The molecular weight excluding hydrogens is 248 g/mol. The van der Waals surface area contributed by atoms with E-state index in [1.807, 2.05) is 6.08 Å². The molecule has 0 aromatic carbocycles. The normalized spacial score (nSPS) is 28.9. The van der Waals surface area contributed by atoms with Crippen LogP contribution >= 0.6 is 0 Å². The number of aliphatic hydroxyl groups excluding tert-OH is 3. The van der Waals surface area contributed by atoms with Crippen molar-refractivity contribution in [2.24, 2.45) is 0 Å². The van der Waals surface area contributed by atoms with Gasteiger partial charge in [-0.3, -0.25) is 0 Å². The van der Waals surface area contributed by atoms with Crippen LogP contribution in [0.2, 0.25) is 0 Å². The van der Waals surface area contributed by atoms with Gasteiger partial charge in [-0.05, 0) is 18.9 Å². The molecule has 4 atom stereocenters. The minimum absolute atomic E-state index is 0.225. The number of ether oxygens (including phenoxy) is 2. The first-order valence-corrected chi connectivity index (χ1v) is 7.09. The van der Waals surface area contributed by atoms with Crippen LogP contribution in [-0.2, 0) is 9.47 Å². The average Bonchev–Trinajstić information content (AvgIpc) is 2.78. The molecule has 19 heavy (non-hydrogen) atoms. The molecule has 0 aromatic heterocycles. The first kappa shape index (κ1) is 16.4. The van der Waals surface area contributed by atoms with Crippen LogP contribution in [0, 0.1) is 0 Å². The smallest absolute Gasteiger partial charge is 0.149 e. The second kappa shape index (κ2) is 9.31. The average molecular weight is 274 g/mol. The Kier molecular flexibility index (Phi) is 8.05. The van der Waals surface area contributed by atoms with E-state index in [9.17, 15) is 10.2 Å². The maximum atomic E-state index is 9.87. The molecule has 1 aliphatic rings. The van der Waals surface area contributed by atoms with Crippen molar-refractivity contribution < 1.29 is 24.8 Å². The zero-order valence-electron chi connectivity index (χ0n) is 11.6. The fourth-order valence-corrected chi connectivity index (χ4v) is 2.09. The fourth-order valence-electron chi connectivity index (χ4n) is 2.09. The Morgan fingerprint density at radius 2 is 2.16 bits per heavy atom. The van der Waals surface area contributed by atoms with E-state index < -0.39 is 31.0 Å². The van der Waals surface area contributed by atoms with E-state index in [1.54, 1.807) is 6.26 Å². The Hall–Kier alpha value is -0.620. The van der Waals surface area contributed by atoms with Crippen LogP contribution in [0.1, 0.15) is 39.0 Å². The summed E-state index contributed by atoms with van der Waals surface area (Å²) < 4.78 is 10.6. The molecule has 0 radical (unpaired) electrons. The van der Waals surface area contributed by atoms with Crippen LogP contribution in [0.4, 0.5) is 0 Å². The van der Waals surface area contributed by atoms with Crippen LogP contribution < -0.4 is 0 Å². The molecule has 0 saturated carbocycles. The highest BCUT2D eigenvalue weighted by molar-refractivity contribution is 4.90. The summed E-state index contributed by atoms with van der Waals surface area (Å²) in [6.07, 6.45) is 6.12. The summed E-state index contributed by atoms with van der Waals surface area (Å²) in [5.74, 6) is 0. The van der Waals surface area contributed by atoms with Gasteiger partial charge >= 0.3 is 0 Å². The molecule has 1 heterocycles. The molecule has 0 amide bonds. The highest BCUT2D eigenvalue weighted by Gasteiger charge is 2.40. The third-order valence-electron chi connectivity index (χ3n) is 3.31.